The van der Waals surface area contributed by atoms with Crippen molar-refractivity contribution in [1.82, 2.24) is 5.32 Å². The van der Waals surface area contributed by atoms with Gasteiger partial charge in [-0.15, -0.1) is 0 Å². The fourth-order valence-corrected chi connectivity index (χ4v) is 1.31. The molecule has 78 valence electrons. The molecule has 1 aromatic rings. The van der Waals surface area contributed by atoms with Crippen molar-refractivity contribution >= 4 is 0 Å². The second kappa shape index (κ2) is 5.60. The number of halogens is 1. The number of hydrogen-bond donors (Lipinski definition) is 1. The summed E-state index contributed by atoms with van der Waals surface area (Å²) in [6.07, 6.45) is 0.691. The molecule has 0 amide bonds. The molecule has 0 saturated carbocycles. The summed E-state index contributed by atoms with van der Waals surface area (Å²) in [6.45, 7) is 3.73. The van der Waals surface area contributed by atoms with E-state index in [0.29, 0.717) is 17.7 Å². The first-order valence-electron chi connectivity index (χ1n) is 4.81. The predicted molar refractivity (Wildman–Crippen MR) is 55.2 cm³/mol. The maximum absolute atomic E-state index is 13.5. The molecule has 3 heteroatoms. The van der Waals surface area contributed by atoms with Crippen LogP contribution in [0.4, 0.5) is 4.39 Å². The van der Waals surface area contributed by atoms with E-state index in [9.17, 15) is 4.39 Å². The summed E-state index contributed by atoms with van der Waals surface area (Å²) >= 11 is 0. The van der Waals surface area contributed by atoms with Crippen molar-refractivity contribution in [3.8, 4) is 5.75 Å². The molecule has 0 aliphatic rings. The molecule has 0 bridgehead atoms. The second-order valence-electron chi connectivity index (χ2n) is 3.04. The Morgan fingerprint density at radius 2 is 2.21 bits per heavy atom. The number of hydrogen-bond acceptors (Lipinski definition) is 2. The lowest BCUT2D eigenvalue weighted by molar-refractivity contribution is 0.384. The quantitative estimate of drug-likeness (QED) is 0.729. The number of methoxy groups -OCH3 is 1. The number of rotatable bonds is 5. The molecule has 0 aromatic heterocycles. The van der Waals surface area contributed by atoms with Gasteiger partial charge in [0.25, 0.3) is 0 Å². The molecule has 1 N–H and O–H groups in total. The third-order valence-electron chi connectivity index (χ3n) is 2.08. The van der Waals surface area contributed by atoms with Gasteiger partial charge in [-0.05, 0) is 31.1 Å². The highest BCUT2D eigenvalue weighted by molar-refractivity contribution is 5.31. The van der Waals surface area contributed by atoms with Gasteiger partial charge in [-0.1, -0.05) is 19.1 Å². The van der Waals surface area contributed by atoms with Crippen LogP contribution in [0.15, 0.2) is 18.2 Å². The fraction of sp³-hybridized carbons (Fsp3) is 0.455. The Bertz CT molecular complexity index is 289. The van der Waals surface area contributed by atoms with E-state index >= 15 is 0 Å². The molecule has 1 rings (SSSR count). The lowest BCUT2D eigenvalue weighted by Gasteiger charge is -2.07. The van der Waals surface area contributed by atoms with Crippen molar-refractivity contribution in [1.29, 1.82) is 0 Å². The highest BCUT2D eigenvalue weighted by Gasteiger charge is 2.06. The molecule has 0 unspecified atom stereocenters. The van der Waals surface area contributed by atoms with Gasteiger partial charge in [-0.25, -0.2) is 4.39 Å². The minimum absolute atomic E-state index is 0.243. The van der Waals surface area contributed by atoms with Gasteiger partial charge in [0.15, 0.2) is 11.6 Å². The van der Waals surface area contributed by atoms with Crippen LogP contribution in [0.3, 0.4) is 0 Å². The molecule has 2 nitrogen and oxygen atoms in total. The van der Waals surface area contributed by atoms with Crippen molar-refractivity contribution in [3.05, 3.63) is 29.6 Å². The molecule has 0 aliphatic carbocycles. The minimum Gasteiger partial charge on any atom is -0.494 e. The summed E-state index contributed by atoms with van der Waals surface area (Å²) in [6, 6.07) is 5.23. The molecular weight excluding hydrogens is 181 g/mol. The van der Waals surface area contributed by atoms with Gasteiger partial charge in [-0.3, -0.25) is 0 Å². The summed E-state index contributed by atoms with van der Waals surface area (Å²) in [5, 5.41) is 3.15. The van der Waals surface area contributed by atoms with Crippen LogP contribution in [0, 0.1) is 5.82 Å². The maximum atomic E-state index is 13.5. The van der Waals surface area contributed by atoms with Crippen LogP contribution < -0.4 is 10.1 Å². The van der Waals surface area contributed by atoms with E-state index in [0.717, 1.165) is 13.1 Å². The van der Waals surface area contributed by atoms with Gasteiger partial charge in [0, 0.05) is 0 Å². The van der Waals surface area contributed by atoms with E-state index in [1.807, 2.05) is 13.0 Å². The fourth-order valence-electron chi connectivity index (χ4n) is 1.31. The van der Waals surface area contributed by atoms with Crippen molar-refractivity contribution in [2.24, 2.45) is 0 Å². The largest absolute Gasteiger partial charge is 0.494 e. The molecular formula is C11H16FNO. The van der Waals surface area contributed by atoms with Crippen molar-refractivity contribution < 1.29 is 9.13 Å². The zero-order valence-corrected chi connectivity index (χ0v) is 8.64. The van der Waals surface area contributed by atoms with Crippen molar-refractivity contribution in [3.63, 3.8) is 0 Å². The molecule has 1 aromatic carbocycles. The average molecular weight is 197 g/mol. The van der Waals surface area contributed by atoms with E-state index in [1.54, 1.807) is 12.1 Å². The smallest absolute Gasteiger partial charge is 0.168 e. The normalized spacial score (nSPS) is 10.2. The second-order valence-corrected chi connectivity index (χ2v) is 3.04. The monoisotopic (exact) mass is 197 g/mol. The Hall–Kier alpha value is -1.09. The zero-order valence-electron chi connectivity index (χ0n) is 8.64. The summed E-state index contributed by atoms with van der Waals surface area (Å²) < 4.78 is 18.4. The molecule has 0 atom stereocenters. The van der Waals surface area contributed by atoms with Gasteiger partial charge in [0.1, 0.15) is 0 Å². The van der Waals surface area contributed by atoms with E-state index in [4.69, 9.17) is 4.74 Å². The maximum Gasteiger partial charge on any atom is 0.168 e. The highest BCUT2D eigenvalue weighted by atomic mass is 19.1. The SMILES string of the molecule is CCNCCc1cccc(OC)c1F. The van der Waals surface area contributed by atoms with E-state index < -0.39 is 0 Å². The molecule has 0 saturated heterocycles. The Kier molecular flexibility index (Phi) is 4.40. The number of benzene rings is 1. The lowest BCUT2D eigenvalue weighted by atomic mass is 10.1. The lowest BCUT2D eigenvalue weighted by Crippen LogP contribution is -2.16. The average Bonchev–Trinajstić information content (AvgIpc) is 2.21. The van der Waals surface area contributed by atoms with Crippen molar-refractivity contribution in [2.45, 2.75) is 13.3 Å². The molecule has 0 aliphatic heterocycles. The Balaban J connectivity index is 2.66. The van der Waals surface area contributed by atoms with Gasteiger partial charge >= 0.3 is 0 Å². The third-order valence-corrected chi connectivity index (χ3v) is 2.08. The molecule has 0 spiro atoms. The van der Waals surface area contributed by atoms with Crippen LogP contribution in [0.25, 0.3) is 0 Å². The molecule has 14 heavy (non-hydrogen) atoms. The number of nitrogens with one attached hydrogen (secondary N) is 1. The summed E-state index contributed by atoms with van der Waals surface area (Å²) in [5.74, 6) is 0.0758. The zero-order chi connectivity index (χ0) is 10.4. The van der Waals surface area contributed by atoms with Crippen LogP contribution in [0.5, 0.6) is 5.75 Å². The van der Waals surface area contributed by atoms with E-state index in [2.05, 4.69) is 5.32 Å². The van der Waals surface area contributed by atoms with Crippen LogP contribution in [-0.2, 0) is 6.42 Å². The van der Waals surface area contributed by atoms with Crippen LogP contribution in [0.2, 0.25) is 0 Å². The molecule has 0 heterocycles. The van der Waals surface area contributed by atoms with E-state index in [-0.39, 0.29) is 5.82 Å². The molecule has 0 fully saturated rings. The van der Waals surface area contributed by atoms with Crippen molar-refractivity contribution in [2.75, 3.05) is 20.2 Å². The minimum atomic E-state index is -0.243. The third kappa shape index (κ3) is 2.70. The summed E-state index contributed by atoms with van der Waals surface area (Å²) in [5.41, 5.74) is 0.699. The first kappa shape index (κ1) is 11.0. The number of likely N-dealkylation sites (N-methyl/N-ethyl adjacent to an activating group) is 1. The first-order valence-corrected chi connectivity index (χ1v) is 4.81. The van der Waals surface area contributed by atoms with Crippen LogP contribution in [0.1, 0.15) is 12.5 Å². The van der Waals surface area contributed by atoms with Gasteiger partial charge in [0.05, 0.1) is 7.11 Å². The Morgan fingerprint density at radius 3 is 2.86 bits per heavy atom. The molecule has 0 radical (unpaired) electrons. The van der Waals surface area contributed by atoms with Gasteiger partial charge in [0.2, 0.25) is 0 Å². The highest BCUT2D eigenvalue weighted by Crippen LogP contribution is 2.19. The van der Waals surface area contributed by atoms with Crippen LogP contribution in [-0.4, -0.2) is 20.2 Å². The van der Waals surface area contributed by atoms with Crippen LogP contribution >= 0.6 is 0 Å². The predicted octanol–water partition coefficient (Wildman–Crippen LogP) is 1.99. The Labute approximate surface area is 84.1 Å². The summed E-state index contributed by atoms with van der Waals surface area (Å²) in [4.78, 5) is 0. The first-order chi connectivity index (χ1) is 6.79. The summed E-state index contributed by atoms with van der Waals surface area (Å²) in [7, 11) is 1.48. The van der Waals surface area contributed by atoms with Gasteiger partial charge in [-0.2, -0.15) is 0 Å². The van der Waals surface area contributed by atoms with E-state index in [1.165, 1.54) is 7.11 Å². The Morgan fingerprint density at radius 1 is 1.43 bits per heavy atom. The standard InChI is InChI=1S/C11H16FNO/c1-3-13-8-7-9-5-4-6-10(14-2)11(9)12/h4-6,13H,3,7-8H2,1-2H3. The number of ether oxygens (including phenoxy) is 1. The topological polar surface area (TPSA) is 21.3 Å². The van der Waals surface area contributed by atoms with Gasteiger partial charge < -0.3 is 10.1 Å².